The van der Waals surface area contributed by atoms with Crippen molar-refractivity contribution in [2.45, 2.75) is 26.2 Å². The monoisotopic (exact) mass is 262 g/mol. The van der Waals surface area contributed by atoms with Gasteiger partial charge in [0, 0.05) is 10.8 Å². The van der Waals surface area contributed by atoms with Gasteiger partial charge in [0.05, 0.1) is 0 Å². The van der Waals surface area contributed by atoms with E-state index in [2.05, 4.69) is 47.6 Å². The minimum atomic E-state index is 0.684. The van der Waals surface area contributed by atoms with E-state index in [1.165, 1.54) is 0 Å². The summed E-state index contributed by atoms with van der Waals surface area (Å²) in [4.78, 5) is 0. The zero-order valence-electron chi connectivity index (χ0n) is 7.02. The average Bonchev–Trinajstić information content (AvgIpc) is 2.03. The first-order chi connectivity index (χ1) is 5.35. The third-order valence-corrected chi connectivity index (χ3v) is 2.74. The molecule has 0 N–H and O–H groups in total. The van der Waals surface area contributed by atoms with Gasteiger partial charge in [0.15, 0.2) is 0 Å². The standard InChI is InChI=1S/C10H15I/c1-3-5-6-8-10(9-11)7-4-2/h2,5-6,10H,3,7-9H2,1H3/b6-5-. The van der Waals surface area contributed by atoms with Crippen molar-refractivity contribution >= 4 is 22.6 Å². The molecule has 0 radical (unpaired) electrons. The molecule has 0 aromatic rings. The molecule has 0 amide bonds. The summed E-state index contributed by atoms with van der Waals surface area (Å²) < 4.78 is 1.16. The van der Waals surface area contributed by atoms with Crippen LogP contribution in [0.1, 0.15) is 26.2 Å². The Kier molecular flexibility index (Phi) is 8.15. The first-order valence-electron chi connectivity index (χ1n) is 3.99. The zero-order valence-corrected chi connectivity index (χ0v) is 9.17. The normalized spacial score (nSPS) is 13.2. The molecule has 0 nitrogen and oxygen atoms in total. The number of halogens is 1. The largest absolute Gasteiger partial charge is 0.120 e. The molecule has 0 heterocycles. The molecule has 1 atom stereocenters. The maximum atomic E-state index is 5.23. The third kappa shape index (κ3) is 6.43. The molecule has 11 heavy (non-hydrogen) atoms. The fraction of sp³-hybridized carbons (Fsp3) is 0.600. The van der Waals surface area contributed by atoms with Crippen LogP contribution >= 0.6 is 22.6 Å². The predicted molar refractivity (Wildman–Crippen MR) is 59.9 cm³/mol. The van der Waals surface area contributed by atoms with Gasteiger partial charge in [-0.1, -0.05) is 41.7 Å². The quantitative estimate of drug-likeness (QED) is 0.308. The van der Waals surface area contributed by atoms with E-state index < -0.39 is 0 Å². The van der Waals surface area contributed by atoms with Gasteiger partial charge in [-0.25, -0.2) is 0 Å². The molecule has 1 unspecified atom stereocenters. The Labute approximate surface area is 83.6 Å². The Bertz CT molecular complexity index is 141. The van der Waals surface area contributed by atoms with Gasteiger partial charge in [-0.05, 0) is 18.8 Å². The first kappa shape index (κ1) is 11.0. The number of hydrogen-bond acceptors (Lipinski definition) is 0. The van der Waals surface area contributed by atoms with E-state index in [-0.39, 0.29) is 0 Å². The summed E-state index contributed by atoms with van der Waals surface area (Å²) in [7, 11) is 0. The van der Waals surface area contributed by atoms with Gasteiger partial charge in [0.1, 0.15) is 0 Å². The smallest absolute Gasteiger partial charge is 0.0125 e. The Morgan fingerprint density at radius 1 is 1.55 bits per heavy atom. The first-order valence-corrected chi connectivity index (χ1v) is 5.52. The van der Waals surface area contributed by atoms with E-state index in [0.29, 0.717) is 5.92 Å². The van der Waals surface area contributed by atoms with Gasteiger partial charge in [-0.15, -0.1) is 12.3 Å². The molecule has 0 aromatic carbocycles. The molecule has 0 bridgehead atoms. The van der Waals surface area contributed by atoms with Crippen LogP contribution in [0.15, 0.2) is 12.2 Å². The van der Waals surface area contributed by atoms with Gasteiger partial charge < -0.3 is 0 Å². The van der Waals surface area contributed by atoms with Crippen LogP contribution in [-0.2, 0) is 0 Å². The molecule has 0 saturated heterocycles. The third-order valence-electron chi connectivity index (χ3n) is 1.50. The molecule has 0 fully saturated rings. The second kappa shape index (κ2) is 8.13. The van der Waals surface area contributed by atoms with Crippen molar-refractivity contribution < 1.29 is 0 Å². The Hall–Kier alpha value is 0.0300. The van der Waals surface area contributed by atoms with Crippen molar-refractivity contribution in [3.63, 3.8) is 0 Å². The molecule has 0 aromatic heterocycles. The average molecular weight is 262 g/mol. The lowest BCUT2D eigenvalue weighted by molar-refractivity contribution is 0.633. The van der Waals surface area contributed by atoms with Crippen LogP contribution in [0, 0.1) is 18.3 Å². The highest BCUT2D eigenvalue weighted by Crippen LogP contribution is 2.12. The van der Waals surface area contributed by atoms with E-state index in [1.54, 1.807) is 0 Å². The van der Waals surface area contributed by atoms with Gasteiger partial charge >= 0.3 is 0 Å². The molecular weight excluding hydrogens is 247 g/mol. The molecule has 0 rings (SSSR count). The molecule has 1 heteroatoms. The lowest BCUT2D eigenvalue weighted by Crippen LogP contribution is -1.98. The number of rotatable bonds is 5. The van der Waals surface area contributed by atoms with Gasteiger partial charge in [0.25, 0.3) is 0 Å². The van der Waals surface area contributed by atoms with Crippen LogP contribution in [-0.4, -0.2) is 4.43 Å². The van der Waals surface area contributed by atoms with Gasteiger partial charge in [0.2, 0.25) is 0 Å². The van der Waals surface area contributed by atoms with E-state index in [4.69, 9.17) is 6.42 Å². The minimum absolute atomic E-state index is 0.684. The van der Waals surface area contributed by atoms with Crippen molar-refractivity contribution in [2.75, 3.05) is 4.43 Å². The van der Waals surface area contributed by atoms with Gasteiger partial charge in [-0.2, -0.15) is 0 Å². The topological polar surface area (TPSA) is 0 Å². The lowest BCUT2D eigenvalue weighted by atomic mass is 10.0. The number of allylic oxidation sites excluding steroid dienone is 2. The Balaban J connectivity index is 3.53. The summed E-state index contributed by atoms with van der Waals surface area (Å²) in [6.07, 6.45) is 12.9. The summed E-state index contributed by atoms with van der Waals surface area (Å²) in [6.45, 7) is 2.15. The number of alkyl halides is 1. The Morgan fingerprint density at radius 2 is 2.27 bits per heavy atom. The highest BCUT2D eigenvalue weighted by atomic mass is 127. The Morgan fingerprint density at radius 3 is 2.73 bits per heavy atom. The number of hydrogen-bond donors (Lipinski definition) is 0. The van der Waals surface area contributed by atoms with Crippen LogP contribution in [0.5, 0.6) is 0 Å². The maximum absolute atomic E-state index is 5.23. The van der Waals surface area contributed by atoms with E-state index in [9.17, 15) is 0 Å². The molecule has 0 saturated carbocycles. The fourth-order valence-electron chi connectivity index (χ4n) is 0.823. The molecule has 0 spiro atoms. The SMILES string of the molecule is C#CCC(CI)C/C=C\CC. The highest BCUT2D eigenvalue weighted by molar-refractivity contribution is 14.1. The molecule has 0 aliphatic rings. The number of terminal acetylenes is 1. The maximum Gasteiger partial charge on any atom is 0.0125 e. The fourth-order valence-corrected chi connectivity index (χ4v) is 1.49. The predicted octanol–water partition coefficient (Wildman–Crippen LogP) is 3.42. The van der Waals surface area contributed by atoms with Crippen LogP contribution in [0.25, 0.3) is 0 Å². The van der Waals surface area contributed by atoms with Gasteiger partial charge in [-0.3, -0.25) is 0 Å². The molecule has 0 aliphatic heterocycles. The van der Waals surface area contributed by atoms with Crippen LogP contribution in [0.2, 0.25) is 0 Å². The van der Waals surface area contributed by atoms with Crippen molar-refractivity contribution in [1.82, 2.24) is 0 Å². The molecule has 0 aliphatic carbocycles. The summed E-state index contributed by atoms with van der Waals surface area (Å²) >= 11 is 2.40. The van der Waals surface area contributed by atoms with Crippen molar-refractivity contribution in [1.29, 1.82) is 0 Å². The van der Waals surface area contributed by atoms with E-state index >= 15 is 0 Å². The summed E-state index contributed by atoms with van der Waals surface area (Å²) in [5.74, 6) is 3.39. The minimum Gasteiger partial charge on any atom is -0.120 e. The lowest BCUT2D eigenvalue weighted by Gasteiger charge is -2.05. The summed E-state index contributed by atoms with van der Waals surface area (Å²) in [5, 5.41) is 0. The van der Waals surface area contributed by atoms with Crippen molar-refractivity contribution in [2.24, 2.45) is 5.92 Å². The van der Waals surface area contributed by atoms with Crippen molar-refractivity contribution in [3.8, 4) is 12.3 Å². The second-order valence-electron chi connectivity index (χ2n) is 2.54. The second-order valence-corrected chi connectivity index (χ2v) is 3.42. The van der Waals surface area contributed by atoms with Crippen LogP contribution < -0.4 is 0 Å². The van der Waals surface area contributed by atoms with E-state index in [0.717, 1.165) is 23.7 Å². The van der Waals surface area contributed by atoms with Crippen molar-refractivity contribution in [3.05, 3.63) is 12.2 Å². The highest BCUT2D eigenvalue weighted by Gasteiger charge is 2.01. The van der Waals surface area contributed by atoms with Crippen LogP contribution in [0.4, 0.5) is 0 Å². The zero-order chi connectivity index (χ0) is 8.53. The van der Waals surface area contributed by atoms with Crippen LogP contribution in [0.3, 0.4) is 0 Å². The molecular formula is C10H15I. The molecule has 62 valence electrons. The van der Waals surface area contributed by atoms with E-state index in [1.807, 2.05) is 0 Å². The summed E-state index contributed by atoms with van der Waals surface area (Å²) in [6, 6.07) is 0. The summed E-state index contributed by atoms with van der Waals surface area (Å²) in [5.41, 5.74) is 0.